The Labute approximate surface area is 136 Å². The van der Waals surface area contributed by atoms with E-state index in [4.69, 9.17) is 0 Å². The van der Waals surface area contributed by atoms with Gasteiger partial charge in [0.1, 0.15) is 5.82 Å². The van der Waals surface area contributed by atoms with Crippen LogP contribution in [0.2, 0.25) is 0 Å². The second kappa shape index (κ2) is 6.73. The van der Waals surface area contributed by atoms with Gasteiger partial charge < -0.3 is 10.2 Å². The summed E-state index contributed by atoms with van der Waals surface area (Å²) in [6.45, 7) is 5.50. The Morgan fingerprint density at radius 3 is 2.61 bits per heavy atom. The molecule has 1 saturated heterocycles. The molecule has 3 heterocycles. The van der Waals surface area contributed by atoms with Gasteiger partial charge in [-0.15, -0.1) is 5.10 Å². The van der Waals surface area contributed by atoms with Crippen LogP contribution in [0.1, 0.15) is 24.1 Å². The van der Waals surface area contributed by atoms with Gasteiger partial charge in [0.15, 0.2) is 5.82 Å². The first-order valence-electron chi connectivity index (χ1n) is 7.91. The van der Waals surface area contributed by atoms with Gasteiger partial charge in [-0.3, -0.25) is 4.79 Å². The lowest BCUT2D eigenvalue weighted by Gasteiger charge is -2.31. The number of aromatic nitrogens is 3. The summed E-state index contributed by atoms with van der Waals surface area (Å²) in [5.41, 5.74) is 1.89. The van der Waals surface area contributed by atoms with E-state index < -0.39 is 0 Å². The number of hydrogen-bond donors (Lipinski definition) is 1. The van der Waals surface area contributed by atoms with E-state index in [0.29, 0.717) is 5.82 Å². The summed E-state index contributed by atoms with van der Waals surface area (Å²) in [6, 6.07) is 7.76. The van der Waals surface area contributed by atoms with E-state index in [2.05, 4.69) is 25.4 Å². The van der Waals surface area contributed by atoms with Crippen LogP contribution in [0.4, 0.5) is 11.6 Å². The molecule has 3 rings (SSSR count). The maximum Gasteiger partial charge on any atom is 0.228 e. The standard InChI is InChI=1S/C17H21N5O/c1-12-4-3-9-18-16(12)19-17(23)14-7-10-22(11-8-14)15-6-5-13(2)20-21-15/h3-6,9,14H,7-8,10-11H2,1-2H3,(H,18,19,23). The summed E-state index contributed by atoms with van der Waals surface area (Å²) in [4.78, 5) is 18.8. The van der Waals surface area contributed by atoms with Gasteiger partial charge in [-0.05, 0) is 50.5 Å². The molecule has 0 aromatic carbocycles. The Hall–Kier alpha value is -2.50. The van der Waals surface area contributed by atoms with Crippen LogP contribution in [-0.2, 0) is 4.79 Å². The number of pyridine rings is 1. The maximum absolute atomic E-state index is 12.4. The number of carbonyl (C=O) groups is 1. The number of piperidine rings is 1. The quantitative estimate of drug-likeness (QED) is 0.942. The van der Waals surface area contributed by atoms with Crippen molar-refractivity contribution in [2.75, 3.05) is 23.3 Å². The number of carbonyl (C=O) groups excluding carboxylic acids is 1. The smallest absolute Gasteiger partial charge is 0.228 e. The van der Waals surface area contributed by atoms with Gasteiger partial charge in [0.05, 0.1) is 5.69 Å². The fourth-order valence-electron chi connectivity index (χ4n) is 2.77. The summed E-state index contributed by atoms with van der Waals surface area (Å²) in [7, 11) is 0. The molecule has 0 aliphatic carbocycles. The highest BCUT2D eigenvalue weighted by Crippen LogP contribution is 2.23. The fourth-order valence-corrected chi connectivity index (χ4v) is 2.77. The van der Waals surface area contributed by atoms with Gasteiger partial charge in [0, 0.05) is 25.2 Å². The average Bonchev–Trinajstić information content (AvgIpc) is 2.58. The molecule has 120 valence electrons. The molecule has 1 aliphatic heterocycles. The molecule has 0 atom stereocenters. The van der Waals surface area contributed by atoms with Gasteiger partial charge in [-0.25, -0.2) is 4.98 Å². The largest absolute Gasteiger partial charge is 0.355 e. The minimum absolute atomic E-state index is 0.0195. The number of anilines is 2. The highest BCUT2D eigenvalue weighted by molar-refractivity contribution is 5.92. The summed E-state index contributed by atoms with van der Waals surface area (Å²) in [5, 5.41) is 11.3. The number of rotatable bonds is 3. The summed E-state index contributed by atoms with van der Waals surface area (Å²) >= 11 is 0. The van der Waals surface area contributed by atoms with Crippen LogP contribution >= 0.6 is 0 Å². The first-order chi connectivity index (χ1) is 11.1. The zero-order chi connectivity index (χ0) is 16.2. The third-order valence-electron chi connectivity index (χ3n) is 4.22. The zero-order valence-corrected chi connectivity index (χ0v) is 13.5. The molecule has 2 aromatic heterocycles. The van der Waals surface area contributed by atoms with Gasteiger partial charge >= 0.3 is 0 Å². The van der Waals surface area contributed by atoms with Gasteiger partial charge in [0.25, 0.3) is 0 Å². The van der Waals surface area contributed by atoms with Gasteiger partial charge in [-0.1, -0.05) is 6.07 Å². The molecule has 0 unspecified atom stereocenters. The maximum atomic E-state index is 12.4. The van der Waals surface area contributed by atoms with Crippen molar-refractivity contribution in [1.82, 2.24) is 15.2 Å². The SMILES string of the molecule is Cc1ccc(N2CCC(C(=O)Nc3ncccc3C)CC2)nn1. The molecule has 23 heavy (non-hydrogen) atoms. The lowest BCUT2D eigenvalue weighted by Crippen LogP contribution is -2.38. The Bertz CT molecular complexity index is 678. The van der Waals surface area contributed by atoms with Crippen LogP contribution in [-0.4, -0.2) is 34.2 Å². The molecule has 2 aromatic rings. The van der Waals surface area contributed by atoms with E-state index in [1.54, 1.807) is 6.20 Å². The second-order valence-corrected chi connectivity index (χ2v) is 5.95. The normalized spacial score (nSPS) is 15.5. The van der Waals surface area contributed by atoms with E-state index in [1.807, 2.05) is 38.1 Å². The van der Waals surface area contributed by atoms with E-state index >= 15 is 0 Å². The minimum atomic E-state index is 0.0195. The molecule has 1 aliphatic rings. The van der Waals surface area contributed by atoms with Gasteiger partial charge in [-0.2, -0.15) is 5.10 Å². The summed E-state index contributed by atoms with van der Waals surface area (Å²) in [5.74, 6) is 1.62. The Morgan fingerprint density at radius 1 is 1.17 bits per heavy atom. The minimum Gasteiger partial charge on any atom is -0.355 e. The monoisotopic (exact) mass is 311 g/mol. The van der Waals surface area contributed by atoms with Crippen molar-refractivity contribution >= 4 is 17.5 Å². The molecule has 0 radical (unpaired) electrons. The van der Waals surface area contributed by atoms with Crippen LogP contribution in [0.3, 0.4) is 0 Å². The number of amides is 1. The number of nitrogens with one attached hydrogen (secondary N) is 1. The Morgan fingerprint density at radius 2 is 1.96 bits per heavy atom. The lowest BCUT2D eigenvalue weighted by molar-refractivity contribution is -0.120. The van der Waals surface area contributed by atoms with Crippen molar-refractivity contribution in [3.8, 4) is 0 Å². The van der Waals surface area contributed by atoms with Crippen molar-refractivity contribution in [2.24, 2.45) is 5.92 Å². The number of aryl methyl sites for hydroxylation is 2. The predicted molar refractivity (Wildman–Crippen MR) is 89.3 cm³/mol. The van der Waals surface area contributed by atoms with Crippen molar-refractivity contribution in [3.05, 3.63) is 41.7 Å². The number of hydrogen-bond acceptors (Lipinski definition) is 5. The lowest BCUT2D eigenvalue weighted by atomic mass is 9.96. The first-order valence-corrected chi connectivity index (χ1v) is 7.91. The first kappa shape index (κ1) is 15.4. The van der Waals surface area contributed by atoms with E-state index in [1.165, 1.54) is 0 Å². The van der Waals surface area contributed by atoms with Crippen LogP contribution in [0.5, 0.6) is 0 Å². The Balaban J connectivity index is 1.57. The van der Waals surface area contributed by atoms with Crippen molar-refractivity contribution in [3.63, 3.8) is 0 Å². The van der Waals surface area contributed by atoms with E-state index in [9.17, 15) is 4.79 Å². The number of nitrogens with zero attached hydrogens (tertiary/aromatic N) is 4. The van der Waals surface area contributed by atoms with Crippen LogP contribution in [0.25, 0.3) is 0 Å². The van der Waals surface area contributed by atoms with E-state index in [0.717, 1.165) is 43.0 Å². The molecule has 6 heteroatoms. The molecular formula is C17H21N5O. The van der Waals surface area contributed by atoms with Crippen molar-refractivity contribution < 1.29 is 4.79 Å². The third-order valence-corrected chi connectivity index (χ3v) is 4.22. The predicted octanol–water partition coefficient (Wildman–Crippen LogP) is 2.34. The van der Waals surface area contributed by atoms with Crippen LogP contribution in [0, 0.1) is 19.8 Å². The van der Waals surface area contributed by atoms with Crippen molar-refractivity contribution in [2.45, 2.75) is 26.7 Å². The third kappa shape index (κ3) is 3.64. The Kier molecular flexibility index (Phi) is 4.50. The molecule has 1 fully saturated rings. The van der Waals surface area contributed by atoms with Crippen LogP contribution in [0.15, 0.2) is 30.5 Å². The highest BCUT2D eigenvalue weighted by atomic mass is 16.1. The summed E-state index contributed by atoms with van der Waals surface area (Å²) in [6.07, 6.45) is 3.32. The van der Waals surface area contributed by atoms with Gasteiger partial charge in [0.2, 0.25) is 5.91 Å². The average molecular weight is 311 g/mol. The molecule has 1 amide bonds. The molecular weight excluding hydrogens is 290 g/mol. The highest BCUT2D eigenvalue weighted by Gasteiger charge is 2.26. The molecule has 0 spiro atoms. The van der Waals surface area contributed by atoms with Crippen molar-refractivity contribution in [1.29, 1.82) is 0 Å². The fraction of sp³-hybridized carbons (Fsp3) is 0.412. The molecule has 6 nitrogen and oxygen atoms in total. The molecule has 0 bridgehead atoms. The zero-order valence-electron chi connectivity index (χ0n) is 13.5. The molecule has 0 saturated carbocycles. The van der Waals surface area contributed by atoms with Crippen LogP contribution < -0.4 is 10.2 Å². The topological polar surface area (TPSA) is 71.0 Å². The summed E-state index contributed by atoms with van der Waals surface area (Å²) < 4.78 is 0. The molecule has 1 N–H and O–H groups in total. The van der Waals surface area contributed by atoms with E-state index in [-0.39, 0.29) is 11.8 Å². The second-order valence-electron chi connectivity index (χ2n) is 5.95.